The van der Waals surface area contributed by atoms with Crippen molar-refractivity contribution in [2.75, 3.05) is 13.9 Å². The summed E-state index contributed by atoms with van der Waals surface area (Å²) in [7, 11) is 1.66. The Kier molecular flexibility index (Phi) is 5.44. The van der Waals surface area contributed by atoms with E-state index in [0.29, 0.717) is 6.79 Å². The van der Waals surface area contributed by atoms with Gasteiger partial charge in [0.25, 0.3) is 0 Å². The first kappa shape index (κ1) is 16.9. The molecule has 1 aliphatic rings. The molecular formula is C16H27BrO2. The topological polar surface area (TPSA) is 18.5 Å². The Morgan fingerprint density at radius 1 is 1.11 bits per heavy atom. The van der Waals surface area contributed by atoms with E-state index in [1.807, 2.05) is 0 Å². The van der Waals surface area contributed by atoms with Crippen molar-refractivity contribution in [1.82, 2.24) is 0 Å². The average molecular weight is 331 g/mol. The summed E-state index contributed by atoms with van der Waals surface area (Å²) in [6, 6.07) is 0. The molecule has 0 bridgehead atoms. The molecule has 2 nitrogen and oxygen atoms in total. The lowest BCUT2D eigenvalue weighted by Crippen LogP contribution is -2.35. The van der Waals surface area contributed by atoms with Crippen molar-refractivity contribution >= 4 is 15.9 Å². The molecule has 0 amide bonds. The van der Waals surface area contributed by atoms with Gasteiger partial charge in [0.1, 0.15) is 6.79 Å². The lowest BCUT2D eigenvalue weighted by molar-refractivity contribution is -0.0607. The predicted molar refractivity (Wildman–Crippen MR) is 84.5 cm³/mol. The highest BCUT2D eigenvalue weighted by molar-refractivity contribution is 9.09. The van der Waals surface area contributed by atoms with Crippen molar-refractivity contribution in [3.8, 4) is 0 Å². The van der Waals surface area contributed by atoms with Crippen LogP contribution < -0.4 is 0 Å². The van der Waals surface area contributed by atoms with Gasteiger partial charge in [0.05, 0.1) is 10.9 Å². The largest absolute Gasteiger partial charge is 0.359 e. The molecule has 0 fully saturated rings. The highest BCUT2D eigenvalue weighted by atomic mass is 79.9. The highest BCUT2D eigenvalue weighted by Crippen LogP contribution is 2.41. The number of alkyl halides is 1. The number of allylic oxidation sites excluding steroid dienone is 2. The fourth-order valence-corrected chi connectivity index (χ4v) is 2.88. The zero-order valence-corrected chi connectivity index (χ0v) is 14.8. The van der Waals surface area contributed by atoms with E-state index in [4.69, 9.17) is 9.47 Å². The molecule has 3 heteroatoms. The van der Waals surface area contributed by atoms with Gasteiger partial charge >= 0.3 is 0 Å². The van der Waals surface area contributed by atoms with Gasteiger partial charge in [-0.3, -0.25) is 0 Å². The first-order valence-electron chi connectivity index (χ1n) is 6.76. The SMILES string of the molecule is COCOC1C(C(C)(C)C)=CC(C(C)(C)C)=CC1Br. The second-order valence-corrected chi connectivity index (χ2v) is 8.22. The van der Waals surface area contributed by atoms with E-state index in [-0.39, 0.29) is 21.8 Å². The Morgan fingerprint density at radius 3 is 2.11 bits per heavy atom. The first-order valence-corrected chi connectivity index (χ1v) is 7.68. The standard InChI is InChI=1S/C16H27BrO2/c1-15(2,3)11-8-12(16(4,5)6)14(13(17)9-11)19-10-18-7/h8-9,13-14H,10H2,1-7H3. The van der Waals surface area contributed by atoms with E-state index >= 15 is 0 Å². The Bertz CT molecular complexity index is 369. The molecule has 0 radical (unpaired) electrons. The van der Waals surface area contributed by atoms with Gasteiger partial charge in [-0.05, 0) is 22.0 Å². The first-order chi connectivity index (χ1) is 8.57. The maximum Gasteiger partial charge on any atom is 0.147 e. The molecule has 0 spiro atoms. The normalized spacial score (nSPS) is 25.1. The Labute approximate surface area is 126 Å². The molecule has 2 atom stereocenters. The molecule has 0 aromatic carbocycles. The molecular weight excluding hydrogens is 304 g/mol. The molecule has 0 N–H and O–H groups in total. The fraction of sp³-hybridized carbons (Fsp3) is 0.750. The highest BCUT2D eigenvalue weighted by Gasteiger charge is 2.35. The minimum Gasteiger partial charge on any atom is -0.359 e. The predicted octanol–water partition coefficient (Wildman–Crippen LogP) is 4.70. The Morgan fingerprint density at radius 2 is 1.68 bits per heavy atom. The Balaban J connectivity index is 3.12. The van der Waals surface area contributed by atoms with Crippen LogP contribution >= 0.6 is 15.9 Å². The second kappa shape index (κ2) is 6.11. The minimum atomic E-state index is 0.0334. The van der Waals surface area contributed by atoms with Crippen LogP contribution in [-0.4, -0.2) is 24.8 Å². The molecule has 19 heavy (non-hydrogen) atoms. The molecule has 0 saturated carbocycles. The number of ether oxygens (including phenoxy) is 2. The third-order valence-electron chi connectivity index (χ3n) is 3.34. The average Bonchev–Trinajstić information content (AvgIpc) is 2.23. The molecule has 0 aromatic rings. The molecule has 0 heterocycles. The zero-order chi connectivity index (χ0) is 14.8. The van der Waals surface area contributed by atoms with Crippen molar-refractivity contribution in [3.63, 3.8) is 0 Å². The van der Waals surface area contributed by atoms with E-state index in [2.05, 4.69) is 69.6 Å². The summed E-state index contributed by atoms with van der Waals surface area (Å²) in [5, 5.41) is 0. The van der Waals surface area contributed by atoms with Crippen LogP contribution in [0.5, 0.6) is 0 Å². The number of hydrogen-bond donors (Lipinski definition) is 0. The quantitative estimate of drug-likeness (QED) is 0.551. The van der Waals surface area contributed by atoms with Crippen molar-refractivity contribution in [2.24, 2.45) is 10.8 Å². The maximum absolute atomic E-state index is 5.86. The molecule has 0 aromatic heterocycles. The smallest absolute Gasteiger partial charge is 0.147 e. The van der Waals surface area contributed by atoms with Crippen LogP contribution in [0.2, 0.25) is 0 Å². The van der Waals surface area contributed by atoms with Crippen LogP contribution in [-0.2, 0) is 9.47 Å². The van der Waals surface area contributed by atoms with Crippen molar-refractivity contribution in [1.29, 1.82) is 0 Å². The van der Waals surface area contributed by atoms with Crippen LogP contribution in [0.1, 0.15) is 41.5 Å². The summed E-state index contributed by atoms with van der Waals surface area (Å²) in [5.41, 5.74) is 2.90. The lowest BCUT2D eigenvalue weighted by atomic mass is 9.74. The van der Waals surface area contributed by atoms with Crippen molar-refractivity contribution < 1.29 is 9.47 Å². The summed E-state index contributed by atoms with van der Waals surface area (Å²) in [5.74, 6) is 0. The summed E-state index contributed by atoms with van der Waals surface area (Å²) in [4.78, 5) is 0.191. The fourth-order valence-electron chi connectivity index (χ4n) is 2.16. The van der Waals surface area contributed by atoms with Gasteiger partial charge in [0.2, 0.25) is 0 Å². The molecule has 2 unspecified atom stereocenters. The van der Waals surface area contributed by atoms with E-state index in [1.54, 1.807) is 7.11 Å². The lowest BCUT2D eigenvalue weighted by Gasteiger charge is -2.37. The molecule has 0 aliphatic heterocycles. The number of methoxy groups -OCH3 is 1. The molecule has 1 rings (SSSR count). The van der Waals surface area contributed by atoms with Gasteiger partial charge < -0.3 is 9.47 Å². The van der Waals surface area contributed by atoms with Gasteiger partial charge in [-0.2, -0.15) is 0 Å². The van der Waals surface area contributed by atoms with Crippen molar-refractivity contribution in [2.45, 2.75) is 52.5 Å². The van der Waals surface area contributed by atoms with Crippen LogP contribution in [0.4, 0.5) is 0 Å². The maximum atomic E-state index is 5.86. The van der Waals surface area contributed by atoms with Crippen LogP contribution in [0.15, 0.2) is 23.3 Å². The van der Waals surface area contributed by atoms with Gasteiger partial charge in [0, 0.05) is 7.11 Å². The molecule has 110 valence electrons. The zero-order valence-electron chi connectivity index (χ0n) is 13.2. The summed E-state index contributed by atoms with van der Waals surface area (Å²) >= 11 is 3.75. The summed E-state index contributed by atoms with van der Waals surface area (Å²) < 4.78 is 10.9. The number of halogens is 1. The third kappa shape index (κ3) is 4.44. The van der Waals surface area contributed by atoms with E-state index < -0.39 is 0 Å². The summed E-state index contributed by atoms with van der Waals surface area (Å²) in [6.45, 7) is 13.7. The summed E-state index contributed by atoms with van der Waals surface area (Å²) in [6.07, 6.45) is 4.60. The molecule has 0 saturated heterocycles. The third-order valence-corrected chi connectivity index (χ3v) is 4.09. The van der Waals surface area contributed by atoms with Gasteiger partial charge in [-0.25, -0.2) is 0 Å². The minimum absolute atomic E-state index is 0.0334. The van der Waals surface area contributed by atoms with E-state index in [9.17, 15) is 0 Å². The van der Waals surface area contributed by atoms with Crippen LogP contribution in [0.3, 0.4) is 0 Å². The monoisotopic (exact) mass is 330 g/mol. The van der Waals surface area contributed by atoms with Crippen molar-refractivity contribution in [3.05, 3.63) is 23.3 Å². The second-order valence-electron chi connectivity index (χ2n) is 7.16. The van der Waals surface area contributed by atoms with Gasteiger partial charge in [-0.15, -0.1) is 0 Å². The van der Waals surface area contributed by atoms with Crippen LogP contribution in [0, 0.1) is 10.8 Å². The van der Waals surface area contributed by atoms with E-state index in [1.165, 1.54) is 11.1 Å². The van der Waals surface area contributed by atoms with Gasteiger partial charge in [-0.1, -0.05) is 69.6 Å². The van der Waals surface area contributed by atoms with Gasteiger partial charge in [0.15, 0.2) is 0 Å². The molecule has 1 aliphatic carbocycles. The van der Waals surface area contributed by atoms with E-state index in [0.717, 1.165) is 0 Å². The number of rotatable bonds is 3. The Hall–Kier alpha value is -0.120. The van der Waals surface area contributed by atoms with Crippen LogP contribution in [0.25, 0.3) is 0 Å². The number of hydrogen-bond acceptors (Lipinski definition) is 2.